The van der Waals surface area contributed by atoms with Gasteiger partial charge in [-0.05, 0) is 64.3 Å². The van der Waals surface area contributed by atoms with Crippen LogP contribution >= 0.6 is 24.0 Å². The highest BCUT2D eigenvalue weighted by atomic mass is 32.2. The molecule has 0 radical (unpaired) electrons. The lowest BCUT2D eigenvalue weighted by Crippen LogP contribution is -2.37. The first-order valence-corrected chi connectivity index (χ1v) is 13.8. The molecule has 0 bridgehead atoms. The van der Waals surface area contributed by atoms with E-state index in [1.807, 2.05) is 26.0 Å². The molecule has 1 aromatic heterocycles. The van der Waals surface area contributed by atoms with Crippen molar-refractivity contribution in [2.75, 3.05) is 44.4 Å². The number of nitrogens with zero attached hydrogens (tertiary/aromatic N) is 3. The molecule has 0 N–H and O–H groups in total. The first kappa shape index (κ1) is 26.6. The number of benzene rings is 1. The van der Waals surface area contributed by atoms with Gasteiger partial charge in [0.1, 0.15) is 10.1 Å². The largest absolute Gasteiger partial charge is 0.466 e. The van der Waals surface area contributed by atoms with Crippen molar-refractivity contribution in [3.63, 3.8) is 0 Å². The van der Waals surface area contributed by atoms with Gasteiger partial charge in [0.2, 0.25) is 0 Å². The van der Waals surface area contributed by atoms with Crippen LogP contribution in [0.4, 0.5) is 5.82 Å². The lowest BCUT2D eigenvalue weighted by Gasteiger charge is -2.32. The Morgan fingerprint density at radius 2 is 2.00 bits per heavy atom. The van der Waals surface area contributed by atoms with Crippen LogP contribution in [-0.2, 0) is 19.1 Å². The second kappa shape index (κ2) is 12.2. The van der Waals surface area contributed by atoms with E-state index in [0.717, 1.165) is 34.3 Å². The minimum atomic E-state index is -0.118. The molecule has 4 rings (SSSR count). The van der Waals surface area contributed by atoms with E-state index >= 15 is 0 Å². The summed E-state index contributed by atoms with van der Waals surface area (Å²) in [6.45, 7) is 9.46. The predicted octanol–water partition coefficient (Wildman–Crippen LogP) is 4.95. The molecule has 2 fully saturated rings. The molecule has 9 heteroatoms. The topological polar surface area (TPSA) is 72.0 Å². The number of thiocarbonyl (C=S) groups is 1. The van der Waals surface area contributed by atoms with Crippen LogP contribution in [0.3, 0.4) is 0 Å². The molecule has 36 heavy (non-hydrogen) atoms. The van der Waals surface area contributed by atoms with Crippen LogP contribution in [0, 0.1) is 12.8 Å². The van der Waals surface area contributed by atoms with Crippen molar-refractivity contribution in [3.8, 4) is 0 Å². The third-order valence-electron chi connectivity index (χ3n) is 6.43. The van der Waals surface area contributed by atoms with Crippen molar-refractivity contribution in [3.05, 3.63) is 40.3 Å². The molecule has 0 atom stereocenters. The van der Waals surface area contributed by atoms with Gasteiger partial charge in [0.15, 0.2) is 0 Å². The number of esters is 1. The Morgan fingerprint density at radius 3 is 2.72 bits per heavy atom. The van der Waals surface area contributed by atoms with Gasteiger partial charge in [0.05, 0.1) is 22.9 Å². The molecule has 2 aromatic rings. The molecule has 0 aliphatic carbocycles. The summed E-state index contributed by atoms with van der Waals surface area (Å²) in [5.74, 6) is 0.557. The zero-order valence-corrected chi connectivity index (χ0v) is 22.8. The van der Waals surface area contributed by atoms with Crippen molar-refractivity contribution in [2.24, 2.45) is 5.92 Å². The number of hydrogen-bond donors (Lipinski definition) is 0. The normalized spacial score (nSPS) is 18.0. The van der Waals surface area contributed by atoms with Crippen molar-refractivity contribution in [1.29, 1.82) is 0 Å². The summed E-state index contributed by atoms with van der Waals surface area (Å²) >= 11 is 6.85. The van der Waals surface area contributed by atoms with Gasteiger partial charge in [-0.1, -0.05) is 35.6 Å². The summed E-state index contributed by atoms with van der Waals surface area (Å²) in [6.07, 6.45) is 4.09. The van der Waals surface area contributed by atoms with E-state index in [9.17, 15) is 9.59 Å². The van der Waals surface area contributed by atoms with E-state index in [1.165, 1.54) is 11.8 Å². The third kappa shape index (κ3) is 6.07. The van der Waals surface area contributed by atoms with Crippen molar-refractivity contribution in [2.45, 2.75) is 40.0 Å². The van der Waals surface area contributed by atoms with Crippen molar-refractivity contribution >= 4 is 63.0 Å². The molecule has 0 saturated carbocycles. The maximum Gasteiger partial charge on any atom is 0.309 e. The standard InChI is InChI=1S/C27H33N3O4S2/c1-4-33-14-6-11-30-25(31)23(36-27(30)35)17-21-16-20-15-18(3)7-8-22(20)28-24(21)29-12-9-19(10-13-29)26(32)34-5-2/h7-8,15-17,19H,4-6,9-14H2,1-3H3/b23-17-. The number of hydrogen-bond acceptors (Lipinski definition) is 8. The fourth-order valence-electron chi connectivity index (χ4n) is 4.55. The molecular weight excluding hydrogens is 494 g/mol. The number of fused-ring (bicyclic) bond motifs is 1. The fraction of sp³-hybridized carbons (Fsp3) is 0.481. The average Bonchev–Trinajstić information content (AvgIpc) is 3.13. The van der Waals surface area contributed by atoms with E-state index in [4.69, 9.17) is 26.7 Å². The number of thioether (sulfide) groups is 1. The number of rotatable bonds is 9. The highest BCUT2D eigenvalue weighted by Crippen LogP contribution is 2.36. The minimum absolute atomic E-state index is 0.0715. The summed E-state index contributed by atoms with van der Waals surface area (Å²) in [4.78, 5) is 34.9. The maximum absolute atomic E-state index is 13.2. The average molecular weight is 528 g/mol. The lowest BCUT2D eigenvalue weighted by atomic mass is 9.96. The SMILES string of the molecule is CCOCCCN1C(=O)/C(=C/c2cc3cc(C)ccc3nc2N2CCC(C(=O)OCC)CC2)SC1=S. The quantitative estimate of drug-likeness (QED) is 0.196. The Labute approximate surface area is 222 Å². The van der Waals surface area contributed by atoms with Gasteiger partial charge >= 0.3 is 5.97 Å². The molecule has 1 amide bonds. The molecule has 0 spiro atoms. The summed E-state index contributed by atoms with van der Waals surface area (Å²) in [6, 6.07) is 8.29. The number of aromatic nitrogens is 1. The molecule has 3 heterocycles. The molecule has 0 unspecified atom stereocenters. The van der Waals surface area contributed by atoms with Gasteiger partial charge in [-0.25, -0.2) is 4.98 Å². The number of carbonyl (C=O) groups is 2. The van der Waals surface area contributed by atoms with E-state index < -0.39 is 0 Å². The minimum Gasteiger partial charge on any atom is -0.466 e. The van der Waals surface area contributed by atoms with Gasteiger partial charge < -0.3 is 14.4 Å². The molecule has 7 nitrogen and oxygen atoms in total. The first-order chi connectivity index (χ1) is 17.4. The Morgan fingerprint density at radius 1 is 1.22 bits per heavy atom. The molecular formula is C27H33N3O4S2. The molecule has 2 aliphatic heterocycles. The highest BCUT2D eigenvalue weighted by Gasteiger charge is 2.33. The Kier molecular flexibility index (Phi) is 8.98. The molecule has 2 saturated heterocycles. The van der Waals surface area contributed by atoms with Gasteiger partial charge in [0, 0.05) is 43.8 Å². The van der Waals surface area contributed by atoms with Gasteiger partial charge in [-0.3, -0.25) is 14.5 Å². The maximum atomic E-state index is 13.2. The van der Waals surface area contributed by atoms with Crippen LogP contribution in [0.2, 0.25) is 0 Å². The number of pyridine rings is 1. The van der Waals surface area contributed by atoms with Crippen molar-refractivity contribution < 1.29 is 19.1 Å². The summed E-state index contributed by atoms with van der Waals surface area (Å²) in [5, 5.41) is 1.03. The zero-order valence-electron chi connectivity index (χ0n) is 21.1. The Balaban J connectivity index is 1.61. The third-order valence-corrected chi connectivity index (χ3v) is 7.81. The summed E-state index contributed by atoms with van der Waals surface area (Å²) in [7, 11) is 0. The first-order valence-electron chi connectivity index (χ1n) is 12.6. The van der Waals surface area contributed by atoms with E-state index in [1.54, 1.807) is 4.90 Å². The van der Waals surface area contributed by atoms with Crippen LogP contribution in [0.5, 0.6) is 0 Å². The number of piperidine rings is 1. The summed E-state index contributed by atoms with van der Waals surface area (Å²) in [5.41, 5.74) is 2.94. The summed E-state index contributed by atoms with van der Waals surface area (Å²) < 4.78 is 11.2. The Bertz CT molecular complexity index is 1180. The van der Waals surface area contributed by atoms with Crippen LogP contribution < -0.4 is 4.90 Å². The zero-order chi connectivity index (χ0) is 25.7. The molecule has 192 valence electrons. The number of carbonyl (C=O) groups excluding carboxylic acids is 2. The van der Waals surface area contributed by atoms with E-state index in [-0.39, 0.29) is 17.8 Å². The monoisotopic (exact) mass is 527 g/mol. The number of amides is 1. The van der Waals surface area contributed by atoms with Crippen LogP contribution in [0.1, 0.15) is 44.2 Å². The number of anilines is 1. The van der Waals surface area contributed by atoms with E-state index in [2.05, 4.69) is 30.0 Å². The van der Waals surface area contributed by atoms with Crippen molar-refractivity contribution in [1.82, 2.24) is 9.88 Å². The van der Waals surface area contributed by atoms with Gasteiger partial charge in [0.25, 0.3) is 5.91 Å². The predicted molar refractivity (Wildman–Crippen MR) is 149 cm³/mol. The number of aryl methyl sites for hydroxylation is 1. The molecule has 2 aliphatic rings. The van der Waals surface area contributed by atoms with E-state index in [0.29, 0.717) is 61.5 Å². The fourth-order valence-corrected chi connectivity index (χ4v) is 5.85. The number of ether oxygens (including phenoxy) is 2. The lowest BCUT2D eigenvalue weighted by molar-refractivity contribution is -0.148. The second-order valence-electron chi connectivity index (χ2n) is 8.99. The van der Waals surface area contributed by atoms with Gasteiger partial charge in [-0.2, -0.15) is 0 Å². The van der Waals surface area contributed by atoms with Crippen LogP contribution in [-0.4, -0.2) is 65.5 Å². The Hall–Kier alpha value is -2.49. The van der Waals surface area contributed by atoms with Crippen LogP contribution in [0.15, 0.2) is 29.2 Å². The van der Waals surface area contributed by atoms with Gasteiger partial charge in [-0.15, -0.1) is 0 Å². The second-order valence-corrected chi connectivity index (χ2v) is 10.7. The van der Waals surface area contributed by atoms with Crippen LogP contribution in [0.25, 0.3) is 17.0 Å². The smallest absolute Gasteiger partial charge is 0.309 e. The molecule has 1 aromatic carbocycles. The highest BCUT2D eigenvalue weighted by molar-refractivity contribution is 8.26.